The van der Waals surface area contributed by atoms with Gasteiger partial charge in [-0.25, -0.2) is 0 Å². The Kier molecular flexibility index (Phi) is 14.0. The molecule has 7 nitrogen and oxygen atoms in total. The molecular formula is C9H16O7. The molecule has 0 amide bonds. The van der Waals surface area contributed by atoms with Gasteiger partial charge >= 0.3 is 0 Å². The molecule has 0 aromatic heterocycles. The maximum Gasteiger partial charge on any atom is 0.293 e. The average molecular weight is 236 g/mol. The van der Waals surface area contributed by atoms with Crippen molar-refractivity contribution in [3.05, 3.63) is 0 Å². The molecule has 0 aromatic carbocycles. The quantitative estimate of drug-likeness (QED) is 0.437. The van der Waals surface area contributed by atoms with Crippen molar-refractivity contribution in [2.24, 2.45) is 0 Å². The summed E-state index contributed by atoms with van der Waals surface area (Å²) >= 11 is 0. The summed E-state index contributed by atoms with van der Waals surface area (Å²) in [6.45, 7) is 4.18. The zero-order chi connectivity index (χ0) is 12.8. The maximum absolute atomic E-state index is 9.61. The summed E-state index contributed by atoms with van der Waals surface area (Å²) in [4.78, 5) is 28.6. The molecule has 0 aliphatic carbocycles. The summed E-state index contributed by atoms with van der Waals surface area (Å²) in [5.74, 6) is 0. The fourth-order valence-corrected chi connectivity index (χ4v) is 0.447. The number of hydrogen-bond acceptors (Lipinski definition) is 7. The highest BCUT2D eigenvalue weighted by Gasteiger charge is 1.98. The Labute approximate surface area is 93.3 Å². The van der Waals surface area contributed by atoms with E-state index < -0.39 is 0 Å². The first kappa shape index (κ1) is 16.8. The second-order valence-corrected chi connectivity index (χ2v) is 2.70. The van der Waals surface area contributed by atoms with Crippen molar-refractivity contribution in [3.63, 3.8) is 0 Å². The van der Waals surface area contributed by atoms with Gasteiger partial charge in [-0.3, -0.25) is 14.4 Å². The van der Waals surface area contributed by atoms with Gasteiger partial charge in [-0.1, -0.05) is 0 Å². The minimum absolute atomic E-state index is 0.112. The monoisotopic (exact) mass is 236 g/mol. The van der Waals surface area contributed by atoms with Gasteiger partial charge in [0.05, 0.1) is 6.61 Å². The lowest BCUT2D eigenvalue weighted by Gasteiger charge is -2.05. The standard InChI is InChI=1S/C5H8O4.C4H8O3/c1-5(9-4-7)2-8-3-6;1-4(2-5)7-3-6/h3-5H,2H2,1H3;3-5H,2H2,1H3. The van der Waals surface area contributed by atoms with Gasteiger partial charge in [-0.2, -0.15) is 0 Å². The van der Waals surface area contributed by atoms with Gasteiger partial charge in [0, 0.05) is 0 Å². The van der Waals surface area contributed by atoms with Crippen LogP contribution in [0.25, 0.3) is 0 Å². The third kappa shape index (κ3) is 14.9. The Morgan fingerprint density at radius 3 is 1.81 bits per heavy atom. The molecule has 0 aliphatic rings. The zero-order valence-electron chi connectivity index (χ0n) is 9.20. The van der Waals surface area contributed by atoms with Crippen LogP contribution in [0.4, 0.5) is 0 Å². The number of hydrogen-bond donors (Lipinski definition) is 1. The van der Waals surface area contributed by atoms with Crippen molar-refractivity contribution in [2.45, 2.75) is 26.1 Å². The molecule has 0 radical (unpaired) electrons. The van der Waals surface area contributed by atoms with E-state index in [1.165, 1.54) is 0 Å². The topological polar surface area (TPSA) is 99.1 Å². The molecule has 0 rings (SSSR count). The van der Waals surface area contributed by atoms with Crippen molar-refractivity contribution in [3.8, 4) is 0 Å². The number of ether oxygens (including phenoxy) is 3. The molecule has 0 heterocycles. The number of aliphatic hydroxyl groups excluding tert-OH is 1. The van der Waals surface area contributed by atoms with Crippen LogP contribution >= 0.6 is 0 Å². The van der Waals surface area contributed by atoms with E-state index in [1.807, 2.05) is 0 Å². The van der Waals surface area contributed by atoms with Crippen molar-refractivity contribution >= 4 is 19.4 Å². The molecular weight excluding hydrogens is 220 g/mol. The Balaban J connectivity index is 0. The fraction of sp³-hybridized carbons (Fsp3) is 0.667. The molecule has 0 aliphatic heterocycles. The molecule has 2 unspecified atom stereocenters. The number of rotatable bonds is 8. The van der Waals surface area contributed by atoms with Crippen molar-refractivity contribution in [1.82, 2.24) is 0 Å². The first-order chi connectivity index (χ1) is 7.62. The molecule has 2 atom stereocenters. The second kappa shape index (κ2) is 13.4. The van der Waals surface area contributed by atoms with Crippen LogP contribution < -0.4 is 0 Å². The highest BCUT2D eigenvalue weighted by molar-refractivity contribution is 5.38. The average Bonchev–Trinajstić information content (AvgIpc) is 2.28. The van der Waals surface area contributed by atoms with E-state index in [2.05, 4.69) is 14.2 Å². The van der Waals surface area contributed by atoms with E-state index in [0.29, 0.717) is 19.4 Å². The number of carbonyl (C=O) groups is 3. The summed E-state index contributed by atoms with van der Waals surface area (Å²) < 4.78 is 12.9. The lowest BCUT2D eigenvalue weighted by Crippen LogP contribution is -2.14. The molecule has 1 N–H and O–H groups in total. The molecule has 16 heavy (non-hydrogen) atoms. The smallest absolute Gasteiger partial charge is 0.293 e. The number of aliphatic hydroxyl groups is 1. The highest BCUT2D eigenvalue weighted by Crippen LogP contribution is 1.86. The summed E-state index contributed by atoms with van der Waals surface area (Å²) in [6, 6.07) is 0. The molecule has 0 bridgehead atoms. The first-order valence-corrected chi connectivity index (χ1v) is 4.46. The Bertz CT molecular complexity index is 183. The minimum Gasteiger partial charge on any atom is -0.464 e. The van der Waals surface area contributed by atoms with E-state index in [0.717, 1.165) is 0 Å². The molecule has 0 aromatic rings. The third-order valence-corrected chi connectivity index (χ3v) is 1.23. The van der Waals surface area contributed by atoms with Crippen LogP contribution in [0.1, 0.15) is 13.8 Å². The van der Waals surface area contributed by atoms with Gasteiger partial charge in [0.25, 0.3) is 19.4 Å². The van der Waals surface area contributed by atoms with E-state index in [4.69, 9.17) is 5.11 Å². The molecule has 7 heteroatoms. The van der Waals surface area contributed by atoms with Gasteiger partial charge in [-0.15, -0.1) is 0 Å². The molecule has 0 saturated heterocycles. The Morgan fingerprint density at radius 2 is 1.50 bits per heavy atom. The predicted molar refractivity (Wildman–Crippen MR) is 52.3 cm³/mol. The van der Waals surface area contributed by atoms with Crippen LogP contribution in [0, 0.1) is 0 Å². The SMILES string of the molecule is CC(CO)OC=O.CC(COC=O)OC=O. The van der Waals surface area contributed by atoms with Crippen molar-refractivity contribution in [1.29, 1.82) is 0 Å². The van der Waals surface area contributed by atoms with Gasteiger partial charge in [0.1, 0.15) is 18.8 Å². The van der Waals surface area contributed by atoms with Crippen LogP contribution in [0.3, 0.4) is 0 Å². The van der Waals surface area contributed by atoms with E-state index in [-0.39, 0.29) is 25.4 Å². The van der Waals surface area contributed by atoms with Crippen LogP contribution in [0.15, 0.2) is 0 Å². The van der Waals surface area contributed by atoms with Crippen LogP contribution in [-0.4, -0.2) is 49.9 Å². The minimum atomic E-state index is -0.363. The lowest BCUT2D eigenvalue weighted by molar-refractivity contribution is -0.141. The van der Waals surface area contributed by atoms with E-state index >= 15 is 0 Å². The Hall–Kier alpha value is -1.63. The maximum atomic E-state index is 9.61. The van der Waals surface area contributed by atoms with Crippen LogP contribution in [0.5, 0.6) is 0 Å². The first-order valence-electron chi connectivity index (χ1n) is 4.46. The van der Waals surface area contributed by atoms with Crippen molar-refractivity contribution in [2.75, 3.05) is 13.2 Å². The predicted octanol–water partition coefficient (Wildman–Crippen LogP) is -0.739. The van der Waals surface area contributed by atoms with Gasteiger partial charge in [-0.05, 0) is 13.8 Å². The highest BCUT2D eigenvalue weighted by atomic mass is 16.6. The normalized spacial score (nSPS) is 12.2. The number of carbonyl (C=O) groups excluding carboxylic acids is 3. The molecule has 0 fully saturated rings. The summed E-state index contributed by atoms with van der Waals surface area (Å²) in [6.07, 6.45) is -0.717. The summed E-state index contributed by atoms with van der Waals surface area (Å²) in [5.41, 5.74) is 0. The second-order valence-electron chi connectivity index (χ2n) is 2.70. The zero-order valence-corrected chi connectivity index (χ0v) is 9.20. The van der Waals surface area contributed by atoms with Crippen molar-refractivity contribution < 1.29 is 33.7 Å². The van der Waals surface area contributed by atoms with Gasteiger partial charge < -0.3 is 19.3 Å². The molecule has 94 valence electrons. The summed E-state index contributed by atoms with van der Waals surface area (Å²) in [7, 11) is 0. The van der Waals surface area contributed by atoms with Crippen LogP contribution in [-0.2, 0) is 28.6 Å². The fourth-order valence-electron chi connectivity index (χ4n) is 0.447. The van der Waals surface area contributed by atoms with E-state index in [9.17, 15) is 14.4 Å². The van der Waals surface area contributed by atoms with Gasteiger partial charge in [0.15, 0.2) is 0 Å². The lowest BCUT2D eigenvalue weighted by atomic mass is 10.4. The Morgan fingerprint density at radius 1 is 1.00 bits per heavy atom. The van der Waals surface area contributed by atoms with Gasteiger partial charge in [0.2, 0.25) is 0 Å². The summed E-state index contributed by atoms with van der Waals surface area (Å²) in [5, 5.41) is 8.18. The third-order valence-electron chi connectivity index (χ3n) is 1.23. The largest absolute Gasteiger partial charge is 0.464 e. The molecule has 0 saturated carbocycles. The van der Waals surface area contributed by atoms with Crippen LogP contribution in [0.2, 0.25) is 0 Å². The van der Waals surface area contributed by atoms with E-state index in [1.54, 1.807) is 13.8 Å². The molecule has 0 spiro atoms.